The predicted octanol–water partition coefficient (Wildman–Crippen LogP) is 2.39. The molecule has 3 rings (SSSR count). The Morgan fingerprint density at radius 3 is 2.74 bits per heavy atom. The van der Waals surface area contributed by atoms with Crippen LogP contribution in [0, 0.1) is 5.82 Å². The molecule has 0 unspecified atom stereocenters. The molecule has 7 heteroatoms. The van der Waals surface area contributed by atoms with Crippen molar-refractivity contribution in [2.75, 3.05) is 5.73 Å². The van der Waals surface area contributed by atoms with Gasteiger partial charge in [0.15, 0.2) is 17.3 Å². The van der Waals surface area contributed by atoms with Gasteiger partial charge in [0.2, 0.25) is 0 Å². The summed E-state index contributed by atoms with van der Waals surface area (Å²) in [7, 11) is 0. The molecule has 0 atom stereocenters. The number of nitrogens with two attached hydrogens (primary N) is 1. The highest BCUT2D eigenvalue weighted by molar-refractivity contribution is 5.81. The smallest absolute Gasteiger partial charge is 0.199 e. The molecule has 0 spiro atoms. The zero-order valence-corrected chi connectivity index (χ0v) is 10.5. The standard InChI is InChI=1S/C12H12FN5O/c1-6(2)18-9-5-7(13)3-4-8(9)15-12(18)10-11(14)17-19-16-10/h3-6H,1-2H3,(H2,14,17). The topological polar surface area (TPSA) is 82.8 Å². The van der Waals surface area contributed by atoms with Gasteiger partial charge < -0.3 is 10.3 Å². The van der Waals surface area contributed by atoms with Crippen LogP contribution >= 0.6 is 0 Å². The molecule has 0 fully saturated rings. The second-order valence-corrected chi connectivity index (χ2v) is 4.53. The van der Waals surface area contributed by atoms with Crippen LogP contribution in [0.25, 0.3) is 22.6 Å². The van der Waals surface area contributed by atoms with E-state index in [9.17, 15) is 4.39 Å². The Labute approximate surface area is 108 Å². The molecule has 0 saturated heterocycles. The highest BCUT2D eigenvalue weighted by Gasteiger charge is 2.20. The fourth-order valence-electron chi connectivity index (χ4n) is 2.11. The minimum absolute atomic E-state index is 0.0675. The number of aromatic nitrogens is 4. The van der Waals surface area contributed by atoms with Gasteiger partial charge in [-0.2, -0.15) is 0 Å². The van der Waals surface area contributed by atoms with E-state index in [0.29, 0.717) is 22.6 Å². The highest BCUT2D eigenvalue weighted by atomic mass is 19.1. The van der Waals surface area contributed by atoms with E-state index in [1.165, 1.54) is 12.1 Å². The van der Waals surface area contributed by atoms with Crippen molar-refractivity contribution in [3.05, 3.63) is 24.0 Å². The van der Waals surface area contributed by atoms with Crippen molar-refractivity contribution in [2.45, 2.75) is 19.9 Å². The molecule has 2 aromatic heterocycles. The SMILES string of the molecule is CC(C)n1c(-c2nonc2N)nc2ccc(F)cc21. The van der Waals surface area contributed by atoms with E-state index in [-0.39, 0.29) is 17.7 Å². The van der Waals surface area contributed by atoms with Crippen molar-refractivity contribution in [2.24, 2.45) is 0 Å². The number of halogens is 1. The largest absolute Gasteiger partial charge is 0.379 e. The summed E-state index contributed by atoms with van der Waals surface area (Å²) in [6.45, 7) is 3.94. The summed E-state index contributed by atoms with van der Waals surface area (Å²) < 4.78 is 19.9. The Morgan fingerprint density at radius 1 is 1.32 bits per heavy atom. The lowest BCUT2D eigenvalue weighted by Gasteiger charge is -2.11. The Morgan fingerprint density at radius 2 is 2.11 bits per heavy atom. The van der Waals surface area contributed by atoms with E-state index < -0.39 is 0 Å². The number of anilines is 1. The molecular formula is C12H12FN5O. The lowest BCUT2D eigenvalue weighted by Crippen LogP contribution is -2.04. The Hall–Kier alpha value is -2.44. The third-order valence-electron chi connectivity index (χ3n) is 2.89. The molecule has 19 heavy (non-hydrogen) atoms. The number of benzene rings is 1. The first-order chi connectivity index (χ1) is 9.08. The van der Waals surface area contributed by atoms with Gasteiger partial charge in [0.1, 0.15) is 5.82 Å². The molecule has 1 aromatic carbocycles. The van der Waals surface area contributed by atoms with Crippen LogP contribution in [0.15, 0.2) is 22.8 Å². The average Bonchev–Trinajstić information content (AvgIpc) is 2.91. The molecule has 0 amide bonds. The van der Waals surface area contributed by atoms with Crippen LogP contribution in [0.5, 0.6) is 0 Å². The van der Waals surface area contributed by atoms with Gasteiger partial charge in [-0.05, 0) is 42.4 Å². The summed E-state index contributed by atoms with van der Waals surface area (Å²) in [4.78, 5) is 4.43. The molecular weight excluding hydrogens is 249 g/mol. The summed E-state index contributed by atoms with van der Waals surface area (Å²) in [5.41, 5.74) is 7.43. The highest BCUT2D eigenvalue weighted by Crippen LogP contribution is 2.29. The maximum Gasteiger partial charge on any atom is 0.199 e. The first-order valence-corrected chi connectivity index (χ1v) is 5.84. The molecule has 0 radical (unpaired) electrons. The van der Waals surface area contributed by atoms with E-state index in [1.54, 1.807) is 6.07 Å². The van der Waals surface area contributed by atoms with Gasteiger partial charge in [0.25, 0.3) is 0 Å². The van der Waals surface area contributed by atoms with E-state index in [0.717, 1.165) is 0 Å². The van der Waals surface area contributed by atoms with Gasteiger partial charge in [0, 0.05) is 6.04 Å². The monoisotopic (exact) mass is 261 g/mol. The number of nitrogens with zero attached hydrogens (tertiary/aromatic N) is 4. The van der Waals surface area contributed by atoms with E-state index in [1.807, 2.05) is 18.4 Å². The summed E-state index contributed by atoms with van der Waals surface area (Å²) in [6.07, 6.45) is 0. The van der Waals surface area contributed by atoms with E-state index in [2.05, 4.69) is 19.9 Å². The average molecular weight is 261 g/mol. The van der Waals surface area contributed by atoms with Gasteiger partial charge >= 0.3 is 0 Å². The normalized spacial score (nSPS) is 11.6. The van der Waals surface area contributed by atoms with Gasteiger partial charge in [-0.25, -0.2) is 14.0 Å². The third-order valence-corrected chi connectivity index (χ3v) is 2.89. The minimum Gasteiger partial charge on any atom is -0.379 e. The number of nitrogen functional groups attached to an aromatic ring is 1. The molecule has 0 aliphatic rings. The molecule has 2 N–H and O–H groups in total. The lowest BCUT2D eigenvalue weighted by molar-refractivity contribution is 0.310. The number of hydrogen-bond donors (Lipinski definition) is 1. The van der Waals surface area contributed by atoms with Gasteiger partial charge in [0.05, 0.1) is 11.0 Å². The quantitative estimate of drug-likeness (QED) is 0.765. The maximum absolute atomic E-state index is 13.4. The molecule has 0 aliphatic carbocycles. The number of imidazole rings is 1. The predicted molar refractivity (Wildman–Crippen MR) is 67.8 cm³/mol. The van der Waals surface area contributed by atoms with Crippen molar-refractivity contribution in [1.29, 1.82) is 0 Å². The molecule has 3 aromatic rings. The van der Waals surface area contributed by atoms with Crippen LogP contribution in [0.1, 0.15) is 19.9 Å². The van der Waals surface area contributed by atoms with Crippen molar-refractivity contribution in [3.8, 4) is 11.5 Å². The lowest BCUT2D eigenvalue weighted by atomic mass is 10.3. The van der Waals surface area contributed by atoms with Crippen molar-refractivity contribution in [1.82, 2.24) is 19.9 Å². The third kappa shape index (κ3) is 1.74. The van der Waals surface area contributed by atoms with Crippen molar-refractivity contribution < 1.29 is 9.02 Å². The second kappa shape index (κ2) is 4.04. The Balaban J connectivity index is 2.36. The number of rotatable bonds is 2. The molecule has 2 heterocycles. The van der Waals surface area contributed by atoms with Crippen LogP contribution in [0.2, 0.25) is 0 Å². The molecule has 0 bridgehead atoms. The van der Waals surface area contributed by atoms with Crippen LogP contribution in [0.3, 0.4) is 0 Å². The van der Waals surface area contributed by atoms with Crippen molar-refractivity contribution >= 4 is 16.9 Å². The van der Waals surface area contributed by atoms with E-state index in [4.69, 9.17) is 5.73 Å². The number of fused-ring (bicyclic) bond motifs is 1. The van der Waals surface area contributed by atoms with Crippen molar-refractivity contribution in [3.63, 3.8) is 0 Å². The first-order valence-electron chi connectivity index (χ1n) is 5.84. The number of hydrogen-bond acceptors (Lipinski definition) is 5. The zero-order valence-electron chi connectivity index (χ0n) is 10.5. The van der Waals surface area contributed by atoms with Gasteiger partial charge in [-0.15, -0.1) is 0 Å². The fraction of sp³-hybridized carbons (Fsp3) is 0.250. The van der Waals surface area contributed by atoms with Crippen LogP contribution in [-0.2, 0) is 0 Å². The molecule has 0 saturated carbocycles. The second-order valence-electron chi connectivity index (χ2n) is 4.53. The molecule has 0 aliphatic heterocycles. The first kappa shape index (κ1) is 11.6. The van der Waals surface area contributed by atoms with Crippen LogP contribution in [-0.4, -0.2) is 19.9 Å². The van der Waals surface area contributed by atoms with Gasteiger partial charge in [-0.1, -0.05) is 0 Å². The Kier molecular flexibility index (Phi) is 2.48. The van der Waals surface area contributed by atoms with Gasteiger partial charge in [-0.3, -0.25) is 0 Å². The summed E-state index contributed by atoms with van der Waals surface area (Å²) in [5, 5.41) is 7.30. The summed E-state index contributed by atoms with van der Waals surface area (Å²) >= 11 is 0. The molecule has 6 nitrogen and oxygen atoms in total. The van der Waals surface area contributed by atoms with Crippen LogP contribution < -0.4 is 5.73 Å². The zero-order chi connectivity index (χ0) is 13.6. The fourth-order valence-corrected chi connectivity index (χ4v) is 2.11. The minimum atomic E-state index is -0.313. The molecule has 98 valence electrons. The Bertz CT molecular complexity index is 746. The maximum atomic E-state index is 13.4. The van der Waals surface area contributed by atoms with E-state index >= 15 is 0 Å². The summed E-state index contributed by atoms with van der Waals surface area (Å²) in [6, 6.07) is 4.50. The summed E-state index contributed by atoms with van der Waals surface area (Å²) in [5.74, 6) is 0.374. The van der Waals surface area contributed by atoms with Crippen LogP contribution in [0.4, 0.5) is 10.2 Å².